The first-order valence-electron chi connectivity index (χ1n) is 3.11. The van der Waals surface area contributed by atoms with Gasteiger partial charge in [0.15, 0.2) is 0 Å². The second kappa shape index (κ2) is 5.33. The van der Waals surface area contributed by atoms with Crippen LogP contribution >= 0.6 is 23.2 Å². The third-order valence-corrected chi connectivity index (χ3v) is 2.22. The lowest BCUT2D eigenvalue weighted by atomic mass is 10.2. The molecule has 9 heavy (non-hydrogen) atoms. The number of halogens is 2. The Labute approximate surface area is 66.0 Å². The first kappa shape index (κ1) is 9.54. The molecule has 0 amide bonds. The summed E-state index contributed by atoms with van der Waals surface area (Å²) >= 11 is 11.4. The zero-order valence-corrected chi connectivity index (χ0v) is 6.99. The number of alkyl halides is 2. The molecule has 0 aromatic carbocycles. The van der Waals surface area contributed by atoms with Crippen molar-refractivity contribution in [1.82, 2.24) is 0 Å². The van der Waals surface area contributed by atoms with Crippen LogP contribution in [-0.4, -0.2) is 22.5 Å². The van der Waals surface area contributed by atoms with Crippen molar-refractivity contribution >= 4 is 23.2 Å². The summed E-state index contributed by atoms with van der Waals surface area (Å²) in [6, 6.07) is 0. The summed E-state index contributed by atoms with van der Waals surface area (Å²) in [7, 11) is 0. The Hall–Kier alpha value is 0.540. The molecule has 0 aliphatic heterocycles. The van der Waals surface area contributed by atoms with Gasteiger partial charge in [0.25, 0.3) is 0 Å². The third-order valence-electron chi connectivity index (χ3n) is 1.13. The Kier molecular flexibility index (Phi) is 5.65. The molecule has 0 aromatic rings. The van der Waals surface area contributed by atoms with Gasteiger partial charge in [0.2, 0.25) is 0 Å². The summed E-state index contributed by atoms with van der Waals surface area (Å²) in [6.07, 6.45) is 1.88. The molecule has 0 heterocycles. The van der Waals surface area contributed by atoms with Crippen LogP contribution in [0, 0.1) is 0 Å². The number of hydrogen-bond donors (Lipinski definition) is 1. The van der Waals surface area contributed by atoms with E-state index in [0.29, 0.717) is 0 Å². The van der Waals surface area contributed by atoms with E-state index in [1.165, 1.54) is 0 Å². The van der Waals surface area contributed by atoms with Crippen LogP contribution in [0.4, 0.5) is 0 Å². The zero-order chi connectivity index (χ0) is 7.28. The highest BCUT2D eigenvalue weighted by atomic mass is 35.5. The van der Waals surface area contributed by atoms with Crippen molar-refractivity contribution in [3.8, 4) is 0 Å². The minimum atomic E-state index is -0.286. The van der Waals surface area contributed by atoms with E-state index in [2.05, 4.69) is 0 Å². The monoisotopic (exact) mass is 170 g/mol. The molecule has 0 unspecified atom stereocenters. The van der Waals surface area contributed by atoms with Crippen molar-refractivity contribution in [1.29, 1.82) is 0 Å². The average Bonchev–Trinajstić information content (AvgIpc) is 1.87. The second-order valence-electron chi connectivity index (χ2n) is 2.00. The van der Waals surface area contributed by atoms with E-state index in [1.54, 1.807) is 0 Å². The van der Waals surface area contributed by atoms with E-state index in [0.717, 1.165) is 12.8 Å². The molecule has 56 valence electrons. The number of rotatable bonds is 4. The Bertz CT molecular complexity index is 68.1. The second-order valence-corrected chi connectivity index (χ2v) is 3.12. The highest BCUT2D eigenvalue weighted by Crippen LogP contribution is 2.14. The van der Waals surface area contributed by atoms with Gasteiger partial charge in [-0.25, -0.2) is 0 Å². The average molecular weight is 171 g/mol. The van der Waals surface area contributed by atoms with Gasteiger partial charge in [-0.3, -0.25) is 0 Å². The molecule has 0 fully saturated rings. The fourth-order valence-corrected chi connectivity index (χ4v) is 0.995. The zero-order valence-electron chi connectivity index (χ0n) is 5.48. The van der Waals surface area contributed by atoms with Gasteiger partial charge in [-0.2, -0.15) is 0 Å². The molecule has 0 radical (unpaired) electrons. The maximum atomic E-state index is 8.52. The molecule has 0 rings (SSSR count). The molecule has 3 heteroatoms. The number of aliphatic hydroxyl groups is 1. The molecule has 0 saturated carbocycles. The number of hydrogen-bond acceptors (Lipinski definition) is 1. The van der Waals surface area contributed by atoms with Gasteiger partial charge in [0.05, 0.1) is 17.4 Å². The van der Waals surface area contributed by atoms with Crippen LogP contribution in [-0.2, 0) is 0 Å². The lowest BCUT2D eigenvalue weighted by molar-refractivity contribution is 0.288. The van der Waals surface area contributed by atoms with Crippen molar-refractivity contribution in [3.63, 3.8) is 0 Å². The Morgan fingerprint density at radius 1 is 1.33 bits per heavy atom. The van der Waals surface area contributed by atoms with Crippen LogP contribution in [0.5, 0.6) is 0 Å². The van der Waals surface area contributed by atoms with Crippen molar-refractivity contribution in [2.45, 2.75) is 30.5 Å². The van der Waals surface area contributed by atoms with Crippen LogP contribution in [0.2, 0.25) is 0 Å². The predicted octanol–water partition coefficient (Wildman–Crippen LogP) is 1.99. The molecule has 1 nitrogen and oxygen atoms in total. The normalized spacial score (nSPS) is 17.3. The number of aliphatic hydroxyl groups excluding tert-OH is 1. The molecule has 2 atom stereocenters. The molecule has 0 aliphatic rings. The van der Waals surface area contributed by atoms with E-state index >= 15 is 0 Å². The predicted molar refractivity (Wildman–Crippen MR) is 41.3 cm³/mol. The topological polar surface area (TPSA) is 20.2 Å². The van der Waals surface area contributed by atoms with Crippen LogP contribution < -0.4 is 0 Å². The fourth-order valence-electron chi connectivity index (χ4n) is 0.571. The third kappa shape index (κ3) is 4.01. The highest BCUT2D eigenvalue weighted by molar-refractivity contribution is 6.30. The van der Waals surface area contributed by atoms with Crippen LogP contribution in [0.25, 0.3) is 0 Å². The van der Waals surface area contributed by atoms with E-state index in [1.807, 2.05) is 6.92 Å². The van der Waals surface area contributed by atoms with Gasteiger partial charge in [0.1, 0.15) is 0 Å². The van der Waals surface area contributed by atoms with E-state index in [9.17, 15) is 0 Å². The lowest BCUT2D eigenvalue weighted by Gasteiger charge is -2.11. The van der Waals surface area contributed by atoms with Crippen LogP contribution in [0.1, 0.15) is 19.8 Å². The Balaban J connectivity index is 3.32. The van der Waals surface area contributed by atoms with Crippen molar-refractivity contribution in [3.05, 3.63) is 0 Å². The van der Waals surface area contributed by atoms with Gasteiger partial charge >= 0.3 is 0 Å². The van der Waals surface area contributed by atoms with Crippen molar-refractivity contribution in [2.24, 2.45) is 0 Å². The lowest BCUT2D eigenvalue weighted by Crippen LogP contribution is -2.18. The first-order valence-corrected chi connectivity index (χ1v) is 3.98. The van der Waals surface area contributed by atoms with Crippen molar-refractivity contribution < 1.29 is 5.11 Å². The largest absolute Gasteiger partial charge is 0.395 e. The molecule has 1 N–H and O–H groups in total. The van der Waals surface area contributed by atoms with Gasteiger partial charge in [-0.05, 0) is 6.42 Å². The Morgan fingerprint density at radius 3 is 2.22 bits per heavy atom. The fraction of sp³-hybridized carbons (Fsp3) is 1.00. The maximum Gasteiger partial charge on any atom is 0.0730 e. The minimum absolute atomic E-state index is 0.0320. The summed E-state index contributed by atoms with van der Waals surface area (Å²) < 4.78 is 0. The molecule has 0 saturated heterocycles. The standard InChI is InChI=1S/C6H12Cl2O/c1-2-3-5(7)6(8)4-9/h5-6,9H,2-4H2,1H3/t5-,6-/m1/s1. The molecular weight excluding hydrogens is 159 g/mol. The molecular formula is C6H12Cl2O. The summed E-state index contributed by atoms with van der Waals surface area (Å²) in [6.45, 7) is 2.01. The SMILES string of the molecule is CCC[C@@H](Cl)[C@H](Cl)CO. The molecule has 0 spiro atoms. The molecule has 0 bridgehead atoms. The van der Waals surface area contributed by atoms with Crippen LogP contribution in [0.3, 0.4) is 0 Å². The maximum absolute atomic E-state index is 8.52. The minimum Gasteiger partial charge on any atom is -0.395 e. The highest BCUT2D eigenvalue weighted by Gasteiger charge is 2.13. The van der Waals surface area contributed by atoms with Gasteiger partial charge in [0, 0.05) is 0 Å². The van der Waals surface area contributed by atoms with E-state index in [-0.39, 0.29) is 17.4 Å². The van der Waals surface area contributed by atoms with E-state index in [4.69, 9.17) is 28.3 Å². The van der Waals surface area contributed by atoms with Gasteiger partial charge in [-0.15, -0.1) is 23.2 Å². The summed E-state index contributed by atoms with van der Waals surface area (Å²) in [5, 5.41) is 8.15. The van der Waals surface area contributed by atoms with Crippen LogP contribution in [0.15, 0.2) is 0 Å². The summed E-state index contributed by atoms with van der Waals surface area (Å²) in [5.74, 6) is 0. The smallest absolute Gasteiger partial charge is 0.0730 e. The van der Waals surface area contributed by atoms with E-state index < -0.39 is 0 Å². The summed E-state index contributed by atoms with van der Waals surface area (Å²) in [4.78, 5) is 0. The quantitative estimate of drug-likeness (QED) is 0.641. The Morgan fingerprint density at radius 2 is 1.89 bits per heavy atom. The summed E-state index contributed by atoms with van der Waals surface area (Å²) in [5.41, 5.74) is 0. The first-order chi connectivity index (χ1) is 4.22. The van der Waals surface area contributed by atoms with Gasteiger partial charge in [-0.1, -0.05) is 13.3 Å². The van der Waals surface area contributed by atoms with Crippen molar-refractivity contribution in [2.75, 3.05) is 6.61 Å². The molecule has 0 aliphatic carbocycles. The van der Waals surface area contributed by atoms with Gasteiger partial charge < -0.3 is 5.11 Å². The molecule has 0 aromatic heterocycles.